The average molecular weight is 268 g/mol. The maximum absolute atomic E-state index is 12.2. The average Bonchev–Trinajstić information content (AvgIpc) is 2.49. The first-order valence-electron chi connectivity index (χ1n) is 6.66. The Morgan fingerprint density at radius 1 is 1.15 bits per heavy atom. The van der Waals surface area contributed by atoms with E-state index >= 15 is 0 Å². The van der Waals surface area contributed by atoms with E-state index in [9.17, 15) is 4.79 Å². The second-order valence-electron chi connectivity index (χ2n) is 4.87. The van der Waals surface area contributed by atoms with Gasteiger partial charge in [0.25, 0.3) is 0 Å². The Kier molecular flexibility index (Phi) is 3.42. The lowest BCUT2D eigenvalue weighted by Crippen LogP contribution is -2.35. The second-order valence-corrected chi connectivity index (χ2v) is 4.87. The van der Waals surface area contributed by atoms with Gasteiger partial charge in [-0.1, -0.05) is 48.6 Å². The highest BCUT2D eigenvalue weighted by Gasteiger charge is 2.36. The molecule has 3 rings (SSSR count). The Bertz CT molecular complexity index is 596. The van der Waals surface area contributed by atoms with Crippen molar-refractivity contribution in [2.75, 3.05) is 7.11 Å². The van der Waals surface area contributed by atoms with Crippen molar-refractivity contribution in [3.8, 4) is 0 Å². The van der Waals surface area contributed by atoms with Crippen LogP contribution in [0.4, 0.5) is 0 Å². The molecule has 0 saturated carbocycles. The molecule has 1 aromatic rings. The quantitative estimate of drug-likeness (QED) is 0.791. The molecule has 102 valence electrons. The lowest BCUT2D eigenvalue weighted by atomic mass is 9.88. The van der Waals surface area contributed by atoms with Crippen molar-refractivity contribution in [2.45, 2.75) is 12.5 Å². The zero-order chi connectivity index (χ0) is 13.9. The maximum atomic E-state index is 12.2. The minimum absolute atomic E-state index is 0.0126. The smallest absolute Gasteiger partial charge is 0.338 e. The van der Waals surface area contributed by atoms with E-state index in [1.165, 1.54) is 0 Å². The number of methoxy groups -OCH3 is 1. The van der Waals surface area contributed by atoms with E-state index in [2.05, 4.69) is 0 Å². The number of esters is 1. The Hall–Kier alpha value is -2.29. The first-order chi connectivity index (χ1) is 9.79. The number of benzene rings is 1. The third kappa shape index (κ3) is 2.27. The van der Waals surface area contributed by atoms with Gasteiger partial charge in [-0.3, -0.25) is 0 Å². The number of rotatable bonds is 3. The fourth-order valence-corrected chi connectivity index (χ4v) is 2.65. The van der Waals surface area contributed by atoms with Crippen LogP contribution in [0.2, 0.25) is 0 Å². The minimum Gasteiger partial charge on any atom is -0.500 e. The van der Waals surface area contributed by atoms with E-state index in [0.717, 1.165) is 11.3 Å². The molecule has 0 fully saturated rings. The first-order valence-corrected chi connectivity index (χ1v) is 6.66. The molecule has 3 nitrogen and oxygen atoms in total. The zero-order valence-electron chi connectivity index (χ0n) is 11.3. The summed E-state index contributed by atoms with van der Waals surface area (Å²) in [6.45, 7) is 0. The molecule has 20 heavy (non-hydrogen) atoms. The highest BCUT2D eigenvalue weighted by atomic mass is 16.6. The number of carbonyl (C=O) groups excluding carboxylic acids is 1. The van der Waals surface area contributed by atoms with E-state index in [-0.39, 0.29) is 18.0 Å². The van der Waals surface area contributed by atoms with Crippen LogP contribution >= 0.6 is 0 Å². The molecule has 3 heteroatoms. The van der Waals surface area contributed by atoms with E-state index in [4.69, 9.17) is 9.47 Å². The number of hydrogen-bond donors (Lipinski definition) is 0. The van der Waals surface area contributed by atoms with Gasteiger partial charge in [0.1, 0.15) is 11.9 Å². The highest BCUT2D eigenvalue weighted by Crippen LogP contribution is 2.33. The summed E-state index contributed by atoms with van der Waals surface area (Å²) in [6, 6.07) is 9.87. The molecule has 0 spiro atoms. The van der Waals surface area contributed by atoms with Gasteiger partial charge in [0.05, 0.1) is 18.6 Å². The fraction of sp³-hybridized carbons (Fsp3) is 0.235. The second kappa shape index (κ2) is 5.37. The molecule has 0 radical (unpaired) electrons. The van der Waals surface area contributed by atoms with Crippen LogP contribution in [-0.4, -0.2) is 19.2 Å². The van der Waals surface area contributed by atoms with Gasteiger partial charge in [0.2, 0.25) is 0 Å². The molecule has 0 aromatic heterocycles. The van der Waals surface area contributed by atoms with E-state index in [1.54, 1.807) is 7.11 Å². The molecule has 0 bridgehead atoms. The van der Waals surface area contributed by atoms with Gasteiger partial charge >= 0.3 is 5.97 Å². The lowest BCUT2D eigenvalue weighted by Gasteiger charge is -2.32. The summed E-state index contributed by atoms with van der Waals surface area (Å²) < 4.78 is 11.0. The SMILES string of the molecule is COC1=C(Cc2ccccc2)C(=O)O[C@@H]2C=CC=C[C@H]12. The van der Waals surface area contributed by atoms with Gasteiger partial charge in [-0.05, 0) is 11.6 Å². The molecule has 0 amide bonds. The standard InChI is InChI=1S/C17H16O3/c1-19-16-13-9-5-6-10-15(13)20-17(18)14(16)11-12-7-3-2-4-8-12/h2-10,13,15H,11H2,1H3/t13-,15+/m0/s1. The fourth-order valence-electron chi connectivity index (χ4n) is 2.65. The number of hydrogen-bond acceptors (Lipinski definition) is 3. The van der Waals surface area contributed by atoms with Crippen LogP contribution < -0.4 is 0 Å². The molecule has 1 aliphatic carbocycles. The Morgan fingerprint density at radius 3 is 2.65 bits per heavy atom. The topological polar surface area (TPSA) is 35.5 Å². The summed E-state index contributed by atoms with van der Waals surface area (Å²) in [5.41, 5.74) is 1.68. The zero-order valence-corrected chi connectivity index (χ0v) is 11.3. The van der Waals surface area contributed by atoms with Gasteiger partial charge in [-0.15, -0.1) is 0 Å². The Labute approximate surface area is 118 Å². The van der Waals surface area contributed by atoms with Crippen LogP contribution in [0.3, 0.4) is 0 Å². The summed E-state index contributed by atoms with van der Waals surface area (Å²) >= 11 is 0. The molecular weight excluding hydrogens is 252 g/mol. The third-order valence-corrected chi connectivity index (χ3v) is 3.62. The normalized spacial score (nSPS) is 24.4. The number of allylic oxidation sites excluding steroid dienone is 2. The van der Waals surface area contributed by atoms with Crippen LogP contribution in [-0.2, 0) is 20.7 Å². The molecule has 1 heterocycles. The Morgan fingerprint density at radius 2 is 1.90 bits per heavy atom. The summed E-state index contributed by atoms with van der Waals surface area (Å²) in [6.07, 6.45) is 8.04. The van der Waals surface area contributed by atoms with Gasteiger partial charge in [0.15, 0.2) is 0 Å². The highest BCUT2D eigenvalue weighted by molar-refractivity contribution is 5.91. The number of ether oxygens (including phenoxy) is 2. The van der Waals surface area contributed by atoms with Crippen molar-refractivity contribution in [3.63, 3.8) is 0 Å². The minimum atomic E-state index is -0.285. The van der Waals surface area contributed by atoms with Crippen LogP contribution in [0, 0.1) is 5.92 Å². The molecule has 0 unspecified atom stereocenters. The van der Waals surface area contributed by atoms with Crippen molar-refractivity contribution < 1.29 is 14.3 Å². The van der Waals surface area contributed by atoms with Crippen molar-refractivity contribution in [3.05, 3.63) is 71.5 Å². The van der Waals surface area contributed by atoms with E-state index < -0.39 is 0 Å². The molecule has 2 aliphatic rings. The van der Waals surface area contributed by atoms with Crippen LogP contribution in [0.5, 0.6) is 0 Å². The predicted octanol–water partition coefficient (Wildman–Crippen LogP) is 2.80. The molecular formula is C17H16O3. The van der Waals surface area contributed by atoms with E-state index in [1.807, 2.05) is 54.6 Å². The summed E-state index contributed by atoms with van der Waals surface area (Å²) in [4.78, 5) is 12.2. The lowest BCUT2D eigenvalue weighted by molar-refractivity contribution is -0.146. The van der Waals surface area contributed by atoms with Gasteiger partial charge in [0, 0.05) is 6.42 Å². The molecule has 0 N–H and O–H groups in total. The van der Waals surface area contributed by atoms with Gasteiger partial charge in [-0.2, -0.15) is 0 Å². The van der Waals surface area contributed by atoms with Crippen LogP contribution in [0.15, 0.2) is 66.0 Å². The predicted molar refractivity (Wildman–Crippen MR) is 75.8 cm³/mol. The summed E-state index contributed by atoms with van der Waals surface area (Å²) in [5.74, 6) is 0.420. The Balaban J connectivity index is 1.97. The number of fused-ring (bicyclic) bond motifs is 1. The van der Waals surface area contributed by atoms with Crippen molar-refractivity contribution in [1.29, 1.82) is 0 Å². The molecule has 2 atom stereocenters. The van der Waals surface area contributed by atoms with Gasteiger partial charge in [-0.25, -0.2) is 4.79 Å². The van der Waals surface area contributed by atoms with Crippen molar-refractivity contribution in [1.82, 2.24) is 0 Å². The van der Waals surface area contributed by atoms with Gasteiger partial charge < -0.3 is 9.47 Å². The largest absolute Gasteiger partial charge is 0.500 e. The summed E-state index contributed by atoms with van der Waals surface area (Å²) in [5, 5.41) is 0. The van der Waals surface area contributed by atoms with E-state index in [0.29, 0.717) is 12.0 Å². The molecule has 1 aromatic carbocycles. The summed E-state index contributed by atoms with van der Waals surface area (Å²) in [7, 11) is 1.61. The van der Waals surface area contributed by atoms with Crippen LogP contribution in [0.1, 0.15) is 5.56 Å². The molecule has 1 aliphatic heterocycles. The molecule has 0 saturated heterocycles. The first kappa shape index (κ1) is 12.7. The third-order valence-electron chi connectivity index (χ3n) is 3.62. The van der Waals surface area contributed by atoms with Crippen molar-refractivity contribution >= 4 is 5.97 Å². The van der Waals surface area contributed by atoms with Crippen molar-refractivity contribution in [2.24, 2.45) is 5.92 Å². The maximum Gasteiger partial charge on any atom is 0.338 e. The number of carbonyl (C=O) groups is 1. The van der Waals surface area contributed by atoms with Crippen LogP contribution in [0.25, 0.3) is 0 Å². The monoisotopic (exact) mass is 268 g/mol.